The SMILES string of the molecule is c1ccc2c3c(oc2c1)CN=N3. The number of nitrogens with zero attached hydrogens (tertiary/aromatic N) is 2. The predicted octanol–water partition coefficient (Wildman–Crippen LogP) is 3.03. The van der Waals surface area contributed by atoms with Gasteiger partial charge in [-0.25, -0.2) is 0 Å². The van der Waals surface area contributed by atoms with E-state index in [9.17, 15) is 0 Å². The Morgan fingerprint density at radius 2 is 2.17 bits per heavy atom. The Labute approximate surface area is 68.7 Å². The summed E-state index contributed by atoms with van der Waals surface area (Å²) >= 11 is 0. The summed E-state index contributed by atoms with van der Waals surface area (Å²) in [6.45, 7) is 0.587. The molecule has 0 aliphatic carbocycles. The zero-order valence-corrected chi connectivity index (χ0v) is 6.32. The molecule has 58 valence electrons. The van der Waals surface area contributed by atoms with Gasteiger partial charge < -0.3 is 4.42 Å². The first-order chi connectivity index (χ1) is 5.95. The van der Waals surface area contributed by atoms with Crippen molar-refractivity contribution in [2.45, 2.75) is 6.54 Å². The summed E-state index contributed by atoms with van der Waals surface area (Å²) in [5, 5.41) is 8.97. The van der Waals surface area contributed by atoms with Crippen molar-refractivity contribution < 1.29 is 4.42 Å². The van der Waals surface area contributed by atoms with Gasteiger partial charge in [0.05, 0.1) is 0 Å². The van der Waals surface area contributed by atoms with E-state index >= 15 is 0 Å². The lowest BCUT2D eigenvalue weighted by molar-refractivity contribution is 0.560. The van der Waals surface area contributed by atoms with Crippen LogP contribution >= 0.6 is 0 Å². The largest absolute Gasteiger partial charge is 0.457 e. The zero-order valence-electron chi connectivity index (χ0n) is 6.32. The summed E-state index contributed by atoms with van der Waals surface area (Å²) in [5.74, 6) is 0.885. The van der Waals surface area contributed by atoms with Gasteiger partial charge in [0.1, 0.15) is 17.8 Å². The van der Waals surface area contributed by atoms with E-state index in [0.29, 0.717) is 6.54 Å². The Bertz CT molecular complexity index is 470. The molecule has 2 heterocycles. The van der Waals surface area contributed by atoms with Crippen molar-refractivity contribution >= 4 is 16.7 Å². The van der Waals surface area contributed by atoms with Crippen LogP contribution in [0.3, 0.4) is 0 Å². The number of azo groups is 1. The van der Waals surface area contributed by atoms with Crippen LogP contribution < -0.4 is 0 Å². The van der Waals surface area contributed by atoms with Crippen LogP contribution in [-0.4, -0.2) is 0 Å². The number of fused-ring (bicyclic) bond motifs is 3. The Morgan fingerprint density at radius 3 is 3.17 bits per heavy atom. The quantitative estimate of drug-likeness (QED) is 0.580. The lowest BCUT2D eigenvalue weighted by Gasteiger charge is -1.84. The van der Waals surface area contributed by atoms with Gasteiger partial charge in [0.2, 0.25) is 0 Å². The third-order valence-corrected chi connectivity index (χ3v) is 2.02. The molecule has 3 heteroatoms. The minimum absolute atomic E-state index is 0.587. The van der Waals surface area contributed by atoms with Crippen LogP contribution in [0, 0.1) is 0 Å². The van der Waals surface area contributed by atoms with E-state index < -0.39 is 0 Å². The van der Waals surface area contributed by atoms with Gasteiger partial charge >= 0.3 is 0 Å². The molecule has 1 aromatic heterocycles. The lowest BCUT2D eigenvalue weighted by atomic mass is 10.2. The molecule has 0 amide bonds. The molecule has 0 unspecified atom stereocenters. The van der Waals surface area contributed by atoms with Crippen LogP contribution in [0.4, 0.5) is 5.69 Å². The standard InChI is InChI=1S/C9H6N2O/c1-2-4-7-6(3-1)9-8(12-7)5-10-11-9/h1-4H,5H2. The average Bonchev–Trinajstić information content (AvgIpc) is 2.62. The first-order valence-electron chi connectivity index (χ1n) is 3.83. The van der Waals surface area contributed by atoms with Gasteiger partial charge in [-0.1, -0.05) is 12.1 Å². The Kier molecular flexibility index (Phi) is 0.961. The smallest absolute Gasteiger partial charge is 0.156 e. The van der Waals surface area contributed by atoms with Gasteiger partial charge in [0.15, 0.2) is 5.76 Å². The number of benzene rings is 1. The van der Waals surface area contributed by atoms with Gasteiger partial charge in [-0.3, -0.25) is 0 Å². The molecule has 0 spiro atoms. The van der Waals surface area contributed by atoms with Crippen molar-refractivity contribution in [3.63, 3.8) is 0 Å². The summed E-state index contributed by atoms with van der Waals surface area (Å²) in [6.07, 6.45) is 0. The second kappa shape index (κ2) is 1.94. The summed E-state index contributed by atoms with van der Waals surface area (Å²) < 4.78 is 5.52. The van der Waals surface area contributed by atoms with Gasteiger partial charge in [-0.15, -0.1) is 0 Å². The Balaban J connectivity index is 2.51. The van der Waals surface area contributed by atoms with Crippen LogP contribution in [0.15, 0.2) is 38.9 Å². The van der Waals surface area contributed by atoms with Crippen molar-refractivity contribution in [3.05, 3.63) is 30.0 Å². The lowest BCUT2D eigenvalue weighted by Crippen LogP contribution is -1.64. The van der Waals surface area contributed by atoms with Crippen LogP contribution in [0.25, 0.3) is 11.0 Å². The monoisotopic (exact) mass is 158 g/mol. The summed E-state index contributed by atoms with van der Waals surface area (Å²) in [6, 6.07) is 7.88. The van der Waals surface area contributed by atoms with Gasteiger partial charge in [-0.2, -0.15) is 10.2 Å². The van der Waals surface area contributed by atoms with E-state index in [1.165, 1.54) is 0 Å². The van der Waals surface area contributed by atoms with Crippen LogP contribution in [-0.2, 0) is 6.54 Å². The van der Waals surface area contributed by atoms with Crippen molar-refractivity contribution in [2.24, 2.45) is 10.2 Å². The number of furan rings is 1. The minimum atomic E-state index is 0.587. The number of hydrogen-bond donors (Lipinski definition) is 0. The number of hydrogen-bond acceptors (Lipinski definition) is 3. The molecule has 0 bridgehead atoms. The summed E-state index contributed by atoms with van der Waals surface area (Å²) in [5.41, 5.74) is 1.81. The maximum Gasteiger partial charge on any atom is 0.156 e. The zero-order chi connectivity index (χ0) is 7.97. The molecule has 1 aliphatic heterocycles. The average molecular weight is 158 g/mol. The molecule has 0 saturated heterocycles. The molecule has 12 heavy (non-hydrogen) atoms. The fourth-order valence-electron chi connectivity index (χ4n) is 1.47. The van der Waals surface area contributed by atoms with E-state index in [2.05, 4.69) is 10.2 Å². The molecule has 2 aromatic rings. The van der Waals surface area contributed by atoms with Crippen LogP contribution in [0.5, 0.6) is 0 Å². The second-order valence-electron chi connectivity index (χ2n) is 2.77. The molecule has 0 saturated carbocycles. The molecule has 0 radical (unpaired) electrons. The maximum atomic E-state index is 5.52. The van der Waals surface area contributed by atoms with E-state index in [4.69, 9.17) is 4.42 Å². The molecular formula is C9H6N2O. The third-order valence-electron chi connectivity index (χ3n) is 2.02. The first kappa shape index (κ1) is 5.94. The third kappa shape index (κ3) is 0.605. The van der Waals surface area contributed by atoms with E-state index in [0.717, 1.165) is 22.4 Å². The fraction of sp³-hybridized carbons (Fsp3) is 0.111. The highest BCUT2D eigenvalue weighted by Gasteiger charge is 2.16. The van der Waals surface area contributed by atoms with Gasteiger partial charge in [-0.05, 0) is 12.1 Å². The van der Waals surface area contributed by atoms with E-state index in [-0.39, 0.29) is 0 Å². The van der Waals surface area contributed by atoms with Crippen molar-refractivity contribution in [1.82, 2.24) is 0 Å². The fourth-order valence-corrected chi connectivity index (χ4v) is 1.47. The first-order valence-corrected chi connectivity index (χ1v) is 3.83. The molecule has 3 nitrogen and oxygen atoms in total. The van der Waals surface area contributed by atoms with Crippen LogP contribution in [0.1, 0.15) is 5.76 Å². The predicted molar refractivity (Wildman–Crippen MR) is 44.4 cm³/mol. The van der Waals surface area contributed by atoms with Crippen molar-refractivity contribution in [3.8, 4) is 0 Å². The van der Waals surface area contributed by atoms with Crippen molar-refractivity contribution in [2.75, 3.05) is 0 Å². The second-order valence-corrected chi connectivity index (χ2v) is 2.77. The highest BCUT2D eigenvalue weighted by atomic mass is 16.3. The maximum absolute atomic E-state index is 5.52. The highest BCUT2D eigenvalue weighted by molar-refractivity contribution is 5.90. The topological polar surface area (TPSA) is 37.9 Å². The van der Waals surface area contributed by atoms with Gasteiger partial charge in [0, 0.05) is 5.39 Å². The van der Waals surface area contributed by atoms with Gasteiger partial charge in [0.25, 0.3) is 0 Å². The summed E-state index contributed by atoms with van der Waals surface area (Å²) in [4.78, 5) is 0. The molecule has 0 fully saturated rings. The van der Waals surface area contributed by atoms with E-state index in [1.807, 2.05) is 24.3 Å². The Morgan fingerprint density at radius 1 is 1.25 bits per heavy atom. The van der Waals surface area contributed by atoms with Crippen molar-refractivity contribution in [1.29, 1.82) is 0 Å². The molecule has 3 rings (SSSR count). The normalized spacial score (nSPS) is 14.0. The van der Waals surface area contributed by atoms with Crippen LogP contribution in [0.2, 0.25) is 0 Å². The molecule has 1 aliphatic rings. The molecule has 0 atom stereocenters. The number of para-hydroxylation sites is 1. The molecule has 1 aromatic carbocycles. The summed E-state index contributed by atoms with van der Waals surface area (Å²) in [7, 11) is 0. The number of rotatable bonds is 0. The molecular weight excluding hydrogens is 152 g/mol. The highest BCUT2D eigenvalue weighted by Crippen LogP contribution is 2.37. The molecule has 0 N–H and O–H groups in total. The minimum Gasteiger partial charge on any atom is -0.457 e. The van der Waals surface area contributed by atoms with E-state index in [1.54, 1.807) is 0 Å². The Hall–Kier alpha value is -1.64.